The molecule has 0 saturated carbocycles. The maximum absolute atomic E-state index is 12.0. The molecule has 0 aliphatic rings. The highest BCUT2D eigenvalue weighted by Gasteiger charge is 2.06. The molecule has 20 heavy (non-hydrogen) atoms. The molecular formula is C16H26N2O2. The molecule has 0 amide bonds. The van der Waals surface area contributed by atoms with E-state index in [4.69, 9.17) is 4.74 Å². The van der Waals surface area contributed by atoms with Crippen LogP contribution in [-0.2, 0) is 0 Å². The second-order valence-corrected chi connectivity index (χ2v) is 4.58. The molecule has 0 radical (unpaired) electrons. The Bertz CT molecular complexity index is 386. The lowest BCUT2D eigenvalue weighted by atomic mass is 10.1. The van der Waals surface area contributed by atoms with E-state index >= 15 is 0 Å². The van der Waals surface area contributed by atoms with Crippen molar-refractivity contribution in [2.24, 2.45) is 0 Å². The molecule has 0 spiro atoms. The van der Waals surface area contributed by atoms with Gasteiger partial charge in [0.25, 0.3) is 0 Å². The van der Waals surface area contributed by atoms with E-state index < -0.39 is 0 Å². The molecule has 1 rings (SSSR count). The van der Waals surface area contributed by atoms with Gasteiger partial charge in [0.2, 0.25) is 0 Å². The molecule has 0 saturated heterocycles. The van der Waals surface area contributed by atoms with Gasteiger partial charge in [-0.3, -0.25) is 4.79 Å². The number of nitrogens with one attached hydrogen (secondary N) is 1. The molecule has 4 nitrogen and oxygen atoms in total. The highest BCUT2D eigenvalue weighted by atomic mass is 16.5. The fourth-order valence-corrected chi connectivity index (χ4v) is 1.98. The lowest BCUT2D eigenvalue weighted by Gasteiger charge is -2.17. The maximum Gasteiger partial charge on any atom is 0.176 e. The van der Waals surface area contributed by atoms with Crippen LogP contribution in [0.3, 0.4) is 0 Å². The molecule has 112 valence electrons. The van der Waals surface area contributed by atoms with Gasteiger partial charge in [0.05, 0.1) is 13.2 Å². The fourth-order valence-electron chi connectivity index (χ4n) is 1.98. The van der Waals surface area contributed by atoms with Crippen molar-refractivity contribution >= 4 is 5.78 Å². The molecule has 0 aliphatic carbocycles. The molecule has 0 heterocycles. The molecule has 0 aromatic heterocycles. The Morgan fingerprint density at radius 2 is 1.80 bits per heavy atom. The van der Waals surface area contributed by atoms with Gasteiger partial charge in [0, 0.05) is 18.7 Å². The average Bonchev–Trinajstić information content (AvgIpc) is 2.48. The number of likely N-dealkylation sites (N-methyl/N-ethyl adjacent to an activating group) is 1. The normalized spacial score (nSPS) is 10.8. The van der Waals surface area contributed by atoms with Crippen LogP contribution in [0.2, 0.25) is 0 Å². The predicted molar refractivity (Wildman–Crippen MR) is 82.6 cm³/mol. The number of carbonyl (C=O) groups excluding carboxylic acids is 1. The number of rotatable bonds is 10. The first-order chi connectivity index (χ1) is 9.71. The minimum atomic E-state index is 0.118. The Morgan fingerprint density at radius 1 is 1.15 bits per heavy atom. The van der Waals surface area contributed by atoms with Gasteiger partial charge in [0.15, 0.2) is 5.78 Å². The zero-order chi connectivity index (χ0) is 14.8. The van der Waals surface area contributed by atoms with E-state index in [2.05, 4.69) is 24.1 Å². The smallest absolute Gasteiger partial charge is 0.176 e. The highest BCUT2D eigenvalue weighted by Crippen LogP contribution is 2.12. The first-order valence-electron chi connectivity index (χ1n) is 7.40. The van der Waals surface area contributed by atoms with Gasteiger partial charge in [-0.15, -0.1) is 0 Å². The van der Waals surface area contributed by atoms with Crippen molar-refractivity contribution in [3.8, 4) is 5.75 Å². The fraction of sp³-hybridized carbons (Fsp3) is 0.562. The Kier molecular flexibility index (Phi) is 7.92. The maximum atomic E-state index is 12.0. The molecular weight excluding hydrogens is 252 g/mol. The second-order valence-electron chi connectivity index (χ2n) is 4.58. The molecule has 4 heteroatoms. The first-order valence-corrected chi connectivity index (χ1v) is 7.40. The van der Waals surface area contributed by atoms with Crippen molar-refractivity contribution in [2.45, 2.75) is 20.8 Å². The van der Waals surface area contributed by atoms with Gasteiger partial charge in [-0.25, -0.2) is 0 Å². The largest absolute Gasteiger partial charge is 0.494 e. The number of hydrogen-bond acceptors (Lipinski definition) is 4. The van der Waals surface area contributed by atoms with Gasteiger partial charge >= 0.3 is 0 Å². The number of ether oxygens (including phenoxy) is 1. The average molecular weight is 278 g/mol. The Balaban J connectivity index is 2.32. The van der Waals surface area contributed by atoms with Gasteiger partial charge in [-0.1, -0.05) is 13.8 Å². The molecule has 1 N–H and O–H groups in total. The second kappa shape index (κ2) is 9.50. The van der Waals surface area contributed by atoms with Crippen LogP contribution in [0.4, 0.5) is 0 Å². The van der Waals surface area contributed by atoms with E-state index in [1.807, 2.05) is 31.2 Å². The zero-order valence-electron chi connectivity index (χ0n) is 12.8. The summed E-state index contributed by atoms with van der Waals surface area (Å²) >= 11 is 0. The summed E-state index contributed by atoms with van der Waals surface area (Å²) < 4.78 is 5.36. The Hall–Kier alpha value is -1.39. The van der Waals surface area contributed by atoms with Crippen LogP contribution in [0.25, 0.3) is 0 Å². The first kappa shape index (κ1) is 16.7. The summed E-state index contributed by atoms with van der Waals surface area (Å²) in [5.41, 5.74) is 0.726. The molecule has 0 bridgehead atoms. The lowest BCUT2D eigenvalue weighted by Crippen LogP contribution is -2.34. The van der Waals surface area contributed by atoms with E-state index in [1.165, 1.54) is 0 Å². The van der Waals surface area contributed by atoms with E-state index in [1.54, 1.807) is 0 Å². The number of nitrogens with zero attached hydrogens (tertiary/aromatic N) is 1. The number of ketones is 1. The van der Waals surface area contributed by atoms with Crippen LogP contribution in [0.5, 0.6) is 5.75 Å². The molecule has 0 aliphatic heterocycles. The summed E-state index contributed by atoms with van der Waals surface area (Å²) in [5.74, 6) is 0.922. The number of carbonyl (C=O) groups is 1. The van der Waals surface area contributed by atoms with Crippen LogP contribution >= 0.6 is 0 Å². The summed E-state index contributed by atoms with van der Waals surface area (Å²) in [4.78, 5) is 14.3. The molecule has 0 unspecified atom stereocenters. The van der Waals surface area contributed by atoms with E-state index in [9.17, 15) is 4.79 Å². The van der Waals surface area contributed by atoms with Crippen LogP contribution in [0.15, 0.2) is 24.3 Å². The van der Waals surface area contributed by atoms with Crippen molar-refractivity contribution in [1.29, 1.82) is 0 Å². The molecule has 0 atom stereocenters. The third-order valence-corrected chi connectivity index (χ3v) is 3.27. The topological polar surface area (TPSA) is 41.6 Å². The van der Waals surface area contributed by atoms with E-state index in [-0.39, 0.29) is 5.78 Å². The van der Waals surface area contributed by atoms with Crippen molar-refractivity contribution in [2.75, 3.05) is 39.3 Å². The summed E-state index contributed by atoms with van der Waals surface area (Å²) in [6, 6.07) is 7.32. The van der Waals surface area contributed by atoms with Crippen LogP contribution in [0, 0.1) is 0 Å². The third-order valence-electron chi connectivity index (χ3n) is 3.27. The van der Waals surface area contributed by atoms with Gasteiger partial charge < -0.3 is 15.0 Å². The highest BCUT2D eigenvalue weighted by molar-refractivity contribution is 5.97. The van der Waals surface area contributed by atoms with Crippen molar-refractivity contribution in [3.05, 3.63) is 29.8 Å². The summed E-state index contributed by atoms with van der Waals surface area (Å²) in [6.07, 6.45) is 0. The predicted octanol–water partition coefficient (Wildman–Crippen LogP) is 2.20. The van der Waals surface area contributed by atoms with Gasteiger partial charge in [-0.05, 0) is 44.3 Å². The number of benzene rings is 1. The third kappa shape index (κ3) is 5.72. The Labute approximate surface area is 122 Å². The van der Waals surface area contributed by atoms with Crippen molar-refractivity contribution in [3.63, 3.8) is 0 Å². The molecule has 1 aromatic carbocycles. The van der Waals surface area contributed by atoms with Crippen molar-refractivity contribution < 1.29 is 9.53 Å². The quantitative estimate of drug-likeness (QED) is 0.526. The van der Waals surface area contributed by atoms with Crippen LogP contribution in [0.1, 0.15) is 31.1 Å². The number of Topliss-reactive ketones (excluding diaryl/α,β-unsaturated/α-hetero) is 1. The van der Waals surface area contributed by atoms with E-state index in [0.717, 1.165) is 37.5 Å². The van der Waals surface area contributed by atoms with Gasteiger partial charge in [-0.2, -0.15) is 0 Å². The van der Waals surface area contributed by atoms with Gasteiger partial charge in [0.1, 0.15) is 5.75 Å². The zero-order valence-corrected chi connectivity index (χ0v) is 12.8. The summed E-state index contributed by atoms with van der Waals surface area (Å²) in [6.45, 7) is 11.2. The lowest BCUT2D eigenvalue weighted by molar-refractivity contribution is 0.0990. The van der Waals surface area contributed by atoms with Crippen molar-refractivity contribution in [1.82, 2.24) is 10.2 Å². The number of hydrogen-bond donors (Lipinski definition) is 1. The summed E-state index contributed by atoms with van der Waals surface area (Å²) in [7, 11) is 0. The standard InChI is InChI=1S/C16H26N2O2/c1-4-18(5-2)12-11-17-13-16(19)14-7-9-15(10-8-14)20-6-3/h7-10,17H,4-6,11-13H2,1-3H3. The van der Waals surface area contributed by atoms with Crippen LogP contribution in [-0.4, -0.2) is 50.0 Å². The van der Waals surface area contributed by atoms with E-state index in [0.29, 0.717) is 13.2 Å². The monoisotopic (exact) mass is 278 g/mol. The Morgan fingerprint density at radius 3 is 2.35 bits per heavy atom. The summed E-state index contributed by atoms with van der Waals surface area (Å²) in [5, 5.41) is 3.20. The minimum absolute atomic E-state index is 0.118. The minimum Gasteiger partial charge on any atom is -0.494 e. The SMILES string of the molecule is CCOc1ccc(C(=O)CNCCN(CC)CC)cc1. The molecule has 1 aromatic rings. The van der Waals surface area contributed by atoms with Crippen LogP contribution < -0.4 is 10.1 Å². The molecule has 0 fully saturated rings.